The van der Waals surface area contributed by atoms with E-state index in [-0.39, 0.29) is 6.10 Å². The molecule has 0 saturated carbocycles. The minimum atomic E-state index is -0.175. The molecule has 2 saturated heterocycles. The normalized spacial score (nSPS) is 29.7. The van der Waals surface area contributed by atoms with Crippen LogP contribution in [0, 0.1) is 5.92 Å². The van der Waals surface area contributed by atoms with Crippen LogP contribution in [0.1, 0.15) is 18.4 Å². The highest BCUT2D eigenvalue weighted by atomic mass is 16.3. The number of likely N-dealkylation sites (tertiary alicyclic amines) is 1. The van der Waals surface area contributed by atoms with Crippen molar-refractivity contribution in [2.24, 2.45) is 5.92 Å². The molecular formula is C16H24N2O. The summed E-state index contributed by atoms with van der Waals surface area (Å²) >= 11 is 0. The molecule has 3 rings (SSSR count). The molecule has 3 nitrogen and oxygen atoms in total. The second-order valence-corrected chi connectivity index (χ2v) is 5.96. The highest BCUT2D eigenvalue weighted by Gasteiger charge is 2.32. The molecule has 0 radical (unpaired) electrons. The molecule has 0 spiro atoms. The van der Waals surface area contributed by atoms with E-state index >= 15 is 0 Å². The van der Waals surface area contributed by atoms with Crippen LogP contribution in [-0.2, 0) is 6.42 Å². The van der Waals surface area contributed by atoms with Crippen molar-refractivity contribution in [1.29, 1.82) is 0 Å². The lowest BCUT2D eigenvalue weighted by Crippen LogP contribution is -2.47. The number of nitrogens with zero attached hydrogens (tertiary/aromatic N) is 1. The van der Waals surface area contributed by atoms with Crippen molar-refractivity contribution < 1.29 is 5.11 Å². The number of hydrogen-bond acceptors (Lipinski definition) is 3. The largest absolute Gasteiger partial charge is 0.390 e. The third-order valence-corrected chi connectivity index (χ3v) is 4.64. The van der Waals surface area contributed by atoms with E-state index in [1.54, 1.807) is 0 Å². The van der Waals surface area contributed by atoms with Gasteiger partial charge in [0.2, 0.25) is 0 Å². The van der Waals surface area contributed by atoms with Gasteiger partial charge in [-0.15, -0.1) is 0 Å². The zero-order chi connectivity index (χ0) is 13.1. The van der Waals surface area contributed by atoms with Crippen LogP contribution in [0.4, 0.5) is 0 Å². The van der Waals surface area contributed by atoms with Gasteiger partial charge in [0.25, 0.3) is 0 Å². The van der Waals surface area contributed by atoms with Crippen LogP contribution < -0.4 is 5.32 Å². The molecule has 0 amide bonds. The number of nitrogens with one attached hydrogen (secondary N) is 1. The molecular weight excluding hydrogens is 236 g/mol. The molecule has 1 aromatic carbocycles. The lowest BCUT2D eigenvalue weighted by molar-refractivity contribution is 0.0587. The number of aliphatic hydroxyl groups is 1. The number of hydrogen-bond donors (Lipinski definition) is 2. The SMILES string of the molecule is O[C@@H]1CNCC1N1CCC(Cc2ccccc2)CC1. The summed E-state index contributed by atoms with van der Waals surface area (Å²) in [5.41, 5.74) is 1.46. The van der Waals surface area contributed by atoms with Crippen molar-refractivity contribution in [3.05, 3.63) is 35.9 Å². The Kier molecular flexibility index (Phi) is 4.16. The summed E-state index contributed by atoms with van der Waals surface area (Å²) in [6.07, 6.45) is 3.56. The Morgan fingerprint density at radius 2 is 1.84 bits per heavy atom. The van der Waals surface area contributed by atoms with Crippen molar-refractivity contribution in [2.75, 3.05) is 26.2 Å². The topological polar surface area (TPSA) is 35.5 Å². The number of aliphatic hydroxyl groups excluding tert-OH is 1. The van der Waals surface area contributed by atoms with Crippen molar-refractivity contribution in [1.82, 2.24) is 10.2 Å². The van der Waals surface area contributed by atoms with E-state index in [0.29, 0.717) is 6.04 Å². The van der Waals surface area contributed by atoms with E-state index in [4.69, 9.17) is 0 Å². The average molecular weight is 260 g/mol. The van der Waals surface area contributed by atoms with Crippen LogP contribution in [0.3, 0.4) is 0 Å². The van der Waals surface area contributed by atoms with Crippen LogP contribution in [-0.4, -0.2) is 48.3 Å². The van der Waals surface area contributed by atoms with Crippen LogP contribution >= 0.6 is 0 Å². The standard InChI is InChI=1S/C16H24N2O/c19-16-12-17-11-15(16)18-8-6-14(7-9-18)10-13-4-2-1-3-5-13/h1-5,14-17,19H,6-12H2/t15?,16-/m1/s1. The fourth-order valence-electron chi connectivity index (χ4n) is 3.46. The van der Waals surface area contributed by atoms with E-state index in [1.165, 1.54) is 24.8 Å². The van der Waals surface area contributed by atoms with Gasteiger partial charge in [-0.25, -0.2) is 0 Å². The highest BCUT2D eigenvalue weighted by Crippen LogP contribution is 2.24. The van der Waals surface area contributed by atoms with Crippen LogP contribution in [0.25, 0.3) is 0 Å². The Hall–Kier alpha value is -0.900. The monoisotopic (exact) mass is 260 g/mol. The van der Waals surface area contributed by atoms with Gasteiger partial charge >= 0.3 is 0 Å². The van der Waals surface area contributed by atoms with Crippen molar-refractivity contribution in [3.8, 4) is 0 Å². The van der Waals surface area contributed by atoms with Gasteiger partial charge in [0.05, 0.1) is 6.10 Å². The highest BCUT2D eigenvalue weighted by molar-refractivity contribution is 5.15. The van der Waals surface area contributed by atoms with Crippen LogP contribution in [0.2, 0.25) is 0 Å². The number of piperidine rings is 1. The smallest absolute Gasteiger partial charge is 0.0831 e. The van der Waals surface area contributed by atoms with Crippen LogP contribution in [0.15, 0.2) is 30.3 Å². The Balaban J connectivity index is 1.49. The molecule has 19 heavy (non-hydrogen) atoms. The van der Waals surface area contributed by atoms with E-state index < -0.39 is 0 Å². The molecule has 0 aromatic heterocycles. The van der Waals surface area contributed by atoms with Crippen molar-refractivity contribution in [2.45, 2.75) is 31.4 Å². The zero-order valence-electron chi connectivity index (χ0n) is 11.5. The van der Waals surface area contributed by atoms with Gasteiger partial charge < -0.3 is 10.4 Å². The van der Waals surface area contributed by atoms with E-state index in [9.17, 15) is 5.11 Å². The molecule has 2 atom stereocenters. The van der Waals surface area contributed by atoms with Gasteiger partial charge in [0.1, 0.15) is 0 Å². The molecule has 2 aliphatic heterocycles. The van der Waals surface area contributed by atoms with Gasteiger partial charge in [0.15, 0.2) is 0 Å². The first-order valence-corrected chi connectivity index (χ1v) is 7.49. The number of rotatable bonds is 3. The molecule has 2 heterocycles. The zero-order valence-corrected chi connectivity index (χ0v) is 11.5. The van der Waals surface area contributed by atoms with Crippen molar-refractivity contribution in [3.63, 3.8) is 0 Å². The molecule has 0 bridgehead atoms. The second-order valence-electron chi connectivity index (χ2n) is 5.96. The lowest BCUT2D eigenvalue weighted by Gasteiger charge is -2.37. The Morgan fingerprint density at radius 1 is 1.11 bits per heavy atom. The maximum absolute atomic E-state index is 9.94. The summed E-state index contributed by atoms with van der Waals surface area (Å²) in [6, 6.07) is 11.2. The molecule has 1 unspecified atom stereocenters. The van der Waals surface area contributed by atoms with E-state index in [2.05, 4.69) is 40.5 Å². The molecule has 2 aliphatic rings. The summed E-state index contributed by atoms with van der Waals surface area (Å²) in [7, 11) is 0. The second kappa shape index (κ2) is 6.04. The Labute approximate surface area is 115 Å². The quantitative estimate of drug-likeness (QED) is 0.859. The van der Waals surface area contributed by atoms with E-state index in [0.717, 1.165) is 32.1 Å². The molecule has 2 N–H and O–H groups in total. The van der Waals surface area contributed by atoms with Gasteiger partial charge in [-0.2, -0.15) is 0 Å². The maximum Gasteiger partial charge on any atom is 0.0831 e. The number of β-amino-alcohol motifs (C(OH)–C–C–N with tert-alkyl or cyclic N) is 1. The summed E-state index contributed by atoms with van der Waals surface area (Å²) in [4.78, 5) is 2.48. The van der Waals surface area contributed by atoms with Gasteiger partial charge in [-0.1, -0.05) is 30.3 Å². The third-order valence-electron chi connectivity index (χ3n) is 4.64. The molecule has 2 fully saturated rings. The summed E-state index contributed by atoms with van der Waals surface area (Å²) in [5, 5.41) is 13.2. The Bertz CT molecular complexity index is 387. The van der Waals surface area contributed by atoms with E-state index in [1.807, 2.05) is 0 Å². The summed E-state index contributed by atoms with van der Waals surface area (Å²) in [6.45, 7) is 3.99. The predicted octanol–water partition coefficient (Wildman–Crippen LogP) is 1.27. The van der Waals surface area contributed by atoms with Gasteiger partial charge in [-0.05, 0) is 43.8 Å². The van der Waals surface area contributed by atoms with Gasteiger partial charge in [0, 0.05) is 19.1 Å². The first-order chi connectivity index (χ1) is 9.33. The lowest BCUT2D eigenvalue weighted by atomic mass is 9.89. The first kappa shape index (κ1) is 13.1. The molecule has 0 aliphatic carbocycles. The molecule has 104 valence electrons. The number of benzene rings is 1. The first-order valence-electron chi connectivity index (χ1n) is 7.49. The molecule has 1 aromatic rings. The predicted molar refractivity (Wildman–Crippen MR) is 77.1 cm³/mol. The fourth-order valence-corrected chi connectivity index (χ4v) is 3.46. The summed E-state index contributed by atoms with van der Waals surface area (Å²) < 4.78 is 0. The minimum absolute atomic E-state index is 0.175. The van der Waals surface area contributed by atoms with Crippen molar-refractivity contribution >= 4 is 0 Å². The minimum Gasteiger partial charge on any atom is -0.390 e. The molecule has 3 heteroatoms. The average Bonchev–Trinajstić information content (AvgIpc) is 2.87. The third kappa shape index (κ3) is 3.16. The Morgan fingerprint density at radius 3 is 2.47 bits per heavy atom. The maximum atomic E-state index is 9.94. The van der Waals surface area contributed by atoms with Gasteiger partial charge in [-0.3, -0.25) is 4.90 Å². The summed E-state index contributed by atoms with van der Waals surface area (Å²) in [5.74, 6) is 0.810. The fraction of sp³-hybridized carbons (Fsp3) is 0.625. The van der Waals surface area contributed by atoms with Crippen LogP contribution in [0.5, 0.6) is 0 Å².